The third kappa shape index (κ3) is 4.44. The first-order valence-corrected chi connectivity index (χ1v) is 5.11. The monoisotopic (exact) mass is 246 g/mol. The molecule has 0 saturated heterocycles. The second-order valence-corrected chi connectivity index (χ2v) is 3.32. The Hall–Kier alpha value is -1.56. The van der Waals surface area contributed by atoms with Crippen LogP contribution < -0.4 is 10.2 Å². The normalized spacial score (nSPS) is 11.3. The number of anilines is 1. The van der Waals surface area contributed by atoms with Crippen LogP contribution in [-0.4, -0.2) is 25.3 Å². The van der Waals surface area contributed by atoms with Gasteiger partial charge in [0.25, 0.3) is 0 Å². The summed E-state index contributed by atoms with van der Waals surface area (Å²) in [5, 5.41) is 1.21. The number of amides is 1. The standard InChI is InChI=1S/C11H13F3N2O/c1-2-16(9-6-4-3-5-7-9)10(17)8-15-11(12,13)14/h3-7,15H,2,8H2,1H3. The molecule has 0 heterocycles. The molecule has 0 aromatic heterocycles. The maximum Gasteiger partial charge on any atom is 0.457 e. The van der Waals surface area contributed by atoms with Crippen molar-refractivity contribution in [2.45, 2.75) is 13.2 Å². The van der Waals surface area contributed by atoms with Gasteiger partial charge in [-0.1, -0.05) is 18.2 Å². The highest BCUT2D eigenvalue weighted by molar-refractivity contribution is 5.94. The first-order valence-electron chi connectivity index (χ1n) is 5.11. The summed E-state index contributed by atoms with van der Waals surface area (Å²) in [6, 6.07) is 8.57. The van der Waals surface area contributed by atoms with Crippen LogP contribution in [0.4, 0.5) is 18.9 Å². The zero-order chi connectivity index (χ0) is 12.9. The fraction of sp³-hybridized carbons (Fsp3) is 0.364. The second-order valence-electron chi connectivity index (χ2n) is 3.32. The highest BCUT2D eigenvalue weighted by atomic mass is 19.4. The summed E-state index contributed by atoms with van der Waals surface area (Å²) >= 11 is 0. The number of halogens is 3. The van der Waals surface area contributed by atoms with Gasteiger partial charge in [-0.3, -0.25) is 4.79 Å². The van der Waals surface area contributed by atoms with E-state index < -0.39 is 18.8 Å². The van der Waals surface area contributed by atoms with Crippen molar-refractivity contribution in [3.05, 3.63) is 30.3 Å². The van der Waals surface area contributed by atoms with Crippen molar-refractivity contribution in [1.82, 2.24) is 5.32 Å². The zero-order valence-electron chi connectivity index (χ0n) is 9.29. The lowest BCUT2D eigenvalue weighted by atomic mass is 10.3. The largest absolute Gasteiger partial charge is 0.457 e. The third-order valence-corrected chi connectivity index (χ3v) is 2.13. The SMILES string of the molecule is CCN(C(=O)CNC(F)(F)F)c1ccccc1. The van der Waals surface area contributed by atoms with Crippen molar-refractivity contribution in [1.29, 1.82) is 0 Å². The van der Waals surface area contributed by atoms with Crippen LogP contribution >= 0.6 is 0 Å². The van der Waals surface area contributed by atoms with Gasteiger partial charge in [-0.15, -0.1) is 0 Å². The van der Waals surface area contributed by atoms with E-state index in [9.17, 15) is 18.0 Å². The fourth-order valence-corrected chi connectivity index (χ4v) is 1.38. The zero-order valence-corrected chi connectivity index (χ0v) is 9.29. The van der Waals surface area contributed by atoms with Crippen molar-refractivity contribution in [2.24, 2.45) is 0 Å². The molecule has 0 atom stereocenters. The number of hydrogen-bond donors (Lipinski definition) is 1. The lowest BCUT2D eigenvalue weighted by Crippen LogP contribution is -2.43. The van der Waals surface area contributed by atoms with Crippen molar-refractivity contribution in [2.75, 3.05) is 18.0 Å². The predicted molar refractivity (Wildman–Crippen MR) is 58.5 cm³/mol. The van der Waals surface area contributed by atoms with E-state index in [1.807, 2.05) is 0 Å². The van der Waals surface area contributed by atoms with E-state index in [0.29, 0.717) is 12.2 Å². The van der Waals surface area contributed by atoms with Gasteiger partial charge in [-0.05, 0) is 19.1 Å². The minimum Gasteiger partial charge on any atom is -0.312 e. The molecule has 0 spiro atoms. The van der Waals surface area contributed by atoms with Gasteiger partial charge in [0.05, 0.1) is 6.54 Å². The van der Waals surface area contributed by atoms with E-state index in [2.05, 4.69) is 0 Å². The lowest BCUT2D eigenvalue weighted by molar-refractivity contribution is -0.160. The molecular formula is C11H13F3N2O. The third-order valence-electron chi connectivity index (χ3n) is 2.13. The number of hydrogen-bond acceptors (Lipinski definition) is 2. The topological polar surface area (TPSA) is 32.3 Å². The highest BCUT2D eigenvalue weighted by Gasteiger charge is 2.28. The molecule has 1 aromatic rings. The molecule has 1 aromatic carbocycles. The minimum atomic E-state index is -4.54. The molecular weight excluding hydrogens is 233 g/mol. The maximum atomic E-state index is 11.9. The van der Waals surface area contributed by atoms with E-state index in [-0.39, 0.29) is 0 Å². The summed E-state index contributed by atoms with van der Waals surface area (Å²) in [5.41, 5.74) is 0.587. The van der Waals surface area contributed by atoms with Gasteiger partial charge in [0.15, 0.2) is 0 Å². The van der Waals surface area contributed by atoms with E-state index in [4.69, 9.17) is 0 Å². The van der Waals surface area contributed by atoms with Gasteiger partial charge in [0.2, 0.25) is 5.91 Å². The quantitative estimate of drug-likeness (QED) is 0.825. The summed E-state index contributed by atoms with van der Waals surface area (Å²) in [6.45, 7) is 1.27. The molecule has 3 nitrogen and oxygen atoms in total. The second kappa shape index (κ2) is 5.67. The minimum absolute atomic E-state index is 0.322. The number of benzene rings is 1. The smallest absolute Gasteiger partial charge is 0.312 e. The van der Waals surface area contributed by atoms with Crippen molar-refractivity contribution >= 4 is 11.6 Å². The maximum absolute atomic E-state index is 11.9. The Morgan fingerprint density at radius 3 is 2.35 bits per heavy atom. The Morgan fingerprint density at radius 2 is 1.88 bits per heavy atom. The molecule has 0 aliphatic heterocycles. The molecule has 94 valence electrons. The van der Waals surface area contributed by atoms with E-state index >= 15 is 0 Å². The van der Waals surface area contributed by atoms with Gasteiger partial charge < -0.3 is 4.90 Å². The first-order chi connectivity index (χ1) is 7.94. The average molecular weight is 246 g/mol. The van der Waals surface area contributed by atoms with Gasteiger partial charge in [-0.2, -0.15) is 13.2 Å². The number of nitrogens with zero attached hydrogens (tertiary/aromatic N) is 1. The van der Waals surface area contributed by atoms with Crippen LogP contribution in [0.25, 0.3) is 0 Å². The van der Waals surface area contributed by atoms with Gasteiger partial charge in [-0.25, -0.2) is 5.32 Å². The summed E-state index contributed by atoms with van der Waals surface area (Å²) < 4.78 is 35.7. The Kier molecular flexibility index (Phi) is 4.51. The molecule has 0 radical (unpaired) electrons. The molecule has 0 bridgehead atoms. The summed E-state index contributed by atoms with van der Waals surface area (Å²) in [5.74, 6) is -0.615. The number of carbonyl (C=O) groups excluding carboxylic acids is 1. The van der Waals surface area contributed by atoms with Crippen LogP contribution in [0.1, 0.15) is 6.92 Å². The molecule has 1 rings (SSSR count). The predicted octanol–water partition coefficient (Wildman–Crippen LogP) is 2.15. The number of carbonyl (C=O) groups is 1. The van der Waals surface area contributed by atoms with Crippen molar-refractivity contribution in [3.8, 4) is 0 Å². The van der Waals surface area contributed by atoms with E-state index in [1.54, 1.807) is 37.3 Å². The van der Waals surface area contributed by atoms with Crippen LogP contribution in [0, 0.1) is 0 Å². The molecule has 1 N–H and O–H groups in total. The average Bonchev–Trinajstić information content (AvgIpc) is 2.28. The number of rotatable bonds is 4. The molecule has 0 unspecified atom stereocenters. The van der Waals surface area contributed by atoms with Gasteiger partial charge in [0.1, 0.15) is 0 Å². The van der Waals surface area contributed by atoms with Crippen molar-refractivity contribution in [3.63, 3.8) is 0 Å². The van der Waals surface area contributed by atoms with E-state index in [0.717, 1.165) is 0 Å². The van der Waals surface area contributed by atoms with Crippen LogP contribution in [0.3, 0.4) is 0 Å². The van der Waals surface area contributed by atoms with Crippen molar-refractivity contribution < 1.29 is 18.0 Å². The molecule has 0 fully saturated rings. The van der Waals surface area contributed by atoms with Gasteiger partial charge in [0, 0.05) is 12.2 Å². The molecule has 6 heteroatoms. The summed E-state index contributed by atoms with van der Waals surface area (Å²) in [7, 11) is 0. The van der Waals surface area contributed by atoms with E-state index in [1.165, 1.54) is 10.2 Å². The van der Waals surface area contributed by atoms with Crippen LogP contribution in [0.2, 0.25) is 0 Å². The molecule has 0 aliphatic carbocycles. The van der Waals surface area contributed by atoms with Crippen LogP contribution in [0.15, 0.2) is 30.3 Å². The molecule has 0 saturated carbocycles. The van der Waals surface area contributed by atoms with Crippen LogP contribution in [-0.2, 0) is 4.79 Å². The number of likely N-dealkylation sites (N-methyl/N-ethyl adjacent to an activating group) is 1. The Labute approximate surface area is 97.2 Å². The Morgan fingerprint density at radius 1 is 1.29 bits per heavy atom. The van der Waals surface area contributed by atoms with Gasteiger partial charge >= 0.3 is 6.30 Å². The molecule has 1 amide bonds. The number of nitrogens with one attached hydrogen (secondary N) is 1. The van der Waals surface area contributed by atoms with Crippen LogP contribution in [0.5, 0.6) is 0 Å². The summed E-state index contributed by atoms with van der Waals surface area (Å²) in [6.07, 6.45) is -4.54. The Bertz CT molecular complexity index is 365. The Balaban J connectivity index is 2.66. The molecule has 0 aliphatic rings. The lowest BCUT2D eigenvalue weighted by Gasteiger charge is -2.21. The molecule has 17 heavy (non-hydrogen) atoms. The fourth-order valence-electron chi connectivity index (χ4n) is 1.38. The highest BCUT2D eigenvalue weighted by Crippen LogP contribution is 2.14. The number of para-hydroxylation sites is 1. The number of alkyl halides is 3. The summed E-state index contributed by atoms with van der Waals surface area (Å²) in [4.78, 5) is 12.9. The first kappa shape index (κ1) is 13.5.